The Morgan fingerprint density at radius 3 is 2.67 bits per heavy atom. The van der Waals surface area contributed by atoms with E-state index in [1.54, 1.807) is 12.4 Å². The summed E-state index contributed by atoms with van der Waals surface area (Å²) >= 11 is 0. The van der Waals surface area contributed by atoms with Gasteiger partial charge in [-0.15, -0.1) is 0 Å². The molecule has 1 aromatic heterocycles. The zero-order valence-electron chi connectivity index (χ0n) is 12.7. The molecule has 0 radical (unpaired) electrons. The summed E-state index contributed by atoms with van der Waals surface area (Å²) < 4.78 is 31.5. The van der Waals surface area contributed by atoms with Crippen molar-refractivity contribution in [2.24, 2.45) is 0 Å². The largest absolute Gasteiger partial charge is 0.459 e. The predicted molar refractivity (Wildman–Crippen MR) is 80.7 cm³/mol. The highest BCUT2D eigenvalue weighted by Gasteiger charge is 2.29. The first-order chi connectivity index (χ1) is 10.0. The molecule has 1 saturated heterocycles. The van der Waals surface area contributed by atoms with Gasteiger partial charge in [-0.1, -0.05) is 13.8 Å². The van der Waals surface area contributed by atoms with Crippen molar-refractivity contribution in [3.8, 4) is 6.01 Å². The van der Waals surface area contributed by atoms with Crippen LogP contribution in [0, 0.1) is 0 Å². The third-order valence-electron chi connectivity index (χ3n) is 3.56. The van der Waals surface area contributed by atoms with Crippen LogP contribution in [-0.2, 0) is 16.4 Å². The fourth-order valence-electron chi connectivity index (χ4n) is 2.38. The zero-order valence-corrected chi connectivity index (χ0v) is 13.5. The minimum Gasteiger partial charge on any atom is -0.459 e. The maximum Gasteiger partial charge on any atom is 0.316 e. The number of rotatable bonds is 6. The molecule has 6 nitrogen and oxygen atoms in total. The van der Waals surface area contributed by atoms with Crippen molar-refractivity contribution in [3.63, 3.8) is 0 Å². The smallest absolute Gasteiger partial charge is 0.316 e. The first kappa shape index (κ1) is 16.2. The number of hydrogen-bond donors (Lipinski definition) is 0. The molecule has 1 unspecified atom stereocenters. The van der Waals surface area contributed by atoms with Gasteiger partial charge in [-0.25, -0.2) is 18.4 Å². The topological polar surface area (TPSA) is 72.4 Å². The van der Waals surface area contributed by atoms with Gasteiger partial charge in [0.2, 0.25) is 10.0 Å². The third-order valence-corrected chi connectivity index (χ3v) is 5.60. The van der Waals surface area contributed by atoms with Gasteiger partial charge in [-0.05, 0) is 31.2 Å². The van der Waals surface area contributed by atoms with Gasteiger partial charge in [0.25, 0.3) is 0 Å². The first-order valence-corrected chi connectivity index (χ1v) is 9.11. The summed E-state index contributed by atoms with van der Waals surface area (Å²) in [4.78, 5) is 8.33. The number of hydrogen-bond acceptors (Lipinski definition) is 5. The molecule has 118 valence electrons. The Labute approximate surface area is 126 Å². The van der Waals surface area contributed by atoms with Gasteiger partial charge < -0.3 is 4.74 Å². The number of piperidine rings is 1. The lowest BCUT2D eigenvalue weighted by Gasteiger charge is -2.31. The fourth-order valence-corrected chi connectivity index (χ4v) is 3.95. The van der Waals surface area contributed by atoms with E-state index in [2.05, 4.69) is 9.97 Å². The maximum atomic E-state index is 12.1. The average Bonchev–Trinajstić information content (AvgIpc) is 2.48. The van der Waals surface area contributed by atoms with Gasteiger partial charge in [-0.2, -0.15) is 4.31 Å². The summed E-state index contributed by atoms with van der Waals surface area (Å²) in [5, 5.41) is 0. The summed E-state index contributed by atoms with van der Waals surface area (Å²) in [6.07, 6.45) is 6.47. The lowest BCUT2D eigenvalue weighted by atomic mass is 10.1. The van der Waals surface area contributed by atoms with Crippen LogP contribution in [0.2, 0.25) is 0 Å². The molecular weight excluding hydrogens is 290 g/mol. The molecule has 2 heterocycles. The summed E-state index contributed by atoms with van der Waals surface area (Å²) in [5.41, 5.74) is 1.05. The molecule has 7 heteroatoms. The van der Waals surface area contributed by atoms with E-state index < -0.39 is 10.0 Å². The second kappa shape index (κ2) is 7.17. The Morgan fingerprint density at radius 2 is 2.05 bits per heavy atom. The molecule has 1 aromatic rings. The van der Waals surface area contributed by atoms with Crippen LogP contribution >= 0.6 is 0 Å². The Bertz CT molecular complexity index is 545. The normalized spacial score (nSPS) is 20.4. The van der Waals surface area contributed by atoms with Crippen molar-refractivity contribution < 1.29 is 13.2 Å². The Hall–Kier alpha value is -1.21. The van der Waals surface area contributed by atoms with Crippen LogP contribution < -0.4 is 4.74 Å². The van der Waals surface area contributed by atoms with Crippen LogP contribution in [0.4, 0.5) is 0 Å². The van der Waals surface area contributed by atoms with Crippen LogP contribution in [0.1, 0.15) is 38.7 Å². The maximum absolute atomic E-state index is 12.1. The zero-order chi connectivity index (χ0) is 15.3. The van der Waals surface area contributed by atoms with Gasteiger partial charge in [0, 0.05) is 18.9 Å². The van der Waals surface area contributed by atoms with Crippen LogP contribution in [0.5, 0.6) is 6.01 Å². The number of ether oxygens (including phenoxy) is 1. The van der Waals surface area contributed by atoms with Crippen molar-refractivity contribution in [2.75, 3.05) is 18.8 Å². The Balaban J connectivity index is 1.97. The quantitative estimate of drug-likeness (QED) is 0.798. The highest BCUT2D eigenvalue weighted by molar-refractivity contribution is 7.89. The van der Waals surface area contributed by atoms with E-state index in [-0.39, 0.29) is 11.9 Å². The van der Waals surface area contributed by atoms with Crippen molar-refractivity contribution in [1.82, 2.24) is 14.3 Å². The van der Waals surface area contributed by atoms with Crippen LogP contribution in [0.3, 0.4) is 0 Å². The van der Waals surface area contributed by atoms with E-state index in [0.29, 0.717) is 25.5 Å². The predicted octanol–water partition coefficient (Wildman–Crippen LogP) is 1.62. The van der Waals surface area contributed by atoms with Crippen LogP contribution in [-0.4, -0.2) is 47.6 Å². The Morgan fingerprint density at radius 1 is 1.33 bits per heavy atom. The molecule has 1 aliphatic heterocycles. The molecule has 0 aliphatic carbocycles. The number of aryl methyl sites for hydroxylation is 1. The van der Waals surface area contributed by atoms with Crippen molar-refractivity contribution in [1.29, 1.82) is 0 Å². The molecule has 0 saturated carbocycles. The van der Waals surface area contributed by atoms with E-state index >= 15 is 0 Å². The van der Waals surface area contributed by atoms with Crippen molar-refractivity contribution in [2.45, 2.75) is 45.6 Å². The lowest BCUT2D eigenvalue weighted by Crippen LogP contribution is -2.45. The molecule has 0 N–H and O–H groups in total. The molecule has 1 fully saturated rings. The monoisotopic (exact) mass is 313 g/mol. The number of aromatic nitrogens is 2. The highest BCUT2D eigenvalue weighted by Crippen LogP contribution is 2.18. The molecule has 1 atom stereocenters. The van der Waals surface area contributed by atoms with Gasteiger partial charge in [0.15, 0.2) is 0 Å². The number of nitrogens with zero attached hydrogens (tertiary/aromatic N) is 3. The van der Waals surface area contributed by atoms with E-state index in [4.69, 9.17) is 4.74 Å². The van der Waals surface area contributed by atoms with Gasteiger partial charge in [0.05, 0.1) is 12.3 Å². The molecule has 0 aromatic carbocycles. The molecular formula is C14H23N3O3S. The van der Waals surface area contributed by atoms with Gasteiger partial charge in [-0.3, -0.25) is 0 Å². The van der Waals surface area contributed by atoms with Crippen LogP contribution in [0.15, 0.2) is 12.4 Å². The summed E-state index contributed by atoms with van der Waals surface area (Å²) in [6.45, 7) is 4.88. The number of sulfonamides is 1. The Kier molecular flexibility index (Phi) is 5.52. The average molecular weight is 313 g/mol. The minimum atomic E-state index is -3.16. The molecule has 0 bridgehead atoms. The fraction of sp³-hybridized carbons (Fsp3) is 0.714. The lowest BCUT2D eigenvalue weighted by molar-refractivity contribution is 0.119. The van der Waals surface area contributed by atoms with Crippen molar-refractivity contribution in [3.05, 3.63) is 18.0 Å². The van der Waals surface area contributed by atoms with E-state index in [0.717, 1.165) is 24.8 Å². The summed E-state index contributed by atoms with van der Waals surface area (Å²) in [6, 6.07) is 0.326. The second-order valence-corrected chi connectivity index (χ2v) is 7.37. The van der Waals surface area contributed by atoms with Crippen LogP contribution in [0.25, 0.3) is 0 Å². The standard InChI is InChI=1S/C14H23N3O3S/c1-3-8-21(18,19)17-7-5-6-13(11-17)20-14-15-9-12(4-2)10-16-14/h9-10,13H,3-8,11H2,1-2H3. The minimum absolute atomic E-state index is 0.169. The molecule has 21 heavy (non-hydrogen) atoms. The molecule has 0 spiro atoms. The molecule has 0 amide bonds. The van der Waals surface area contributed by atoms with E-state index in [1.165, 1.54) is 4.31 Å². The van der Waals surface area contributed by atoms with Crippen molar-refractivity contribution >= 4 is 10.0 Å². The highest BCUT2D eigenvalue weighted by atomic mass is 32.2. The van der Waals surface area contributed by atoms with E-state index in [9.17, 15) is 8.42 Å². The molecule has 2 rings (SSSR count). The van der Waals surface area contributed by atoms with E-state index in [1.807, 2.05) is 13.8 Å². The SMILES string of the molecule is CCCS(=O)(=O)N1CCCC(Oc2ncc(CC)cn2)C1. The first-order valence-electron chi connectivity index (χ1n) is 7.50. The summed E-state index contributed by atoms with van der Waals surface area (Å²) in [5.74, 6) is 0.196. The second-order valence-electron chi connectivity index (χ2n) is 5.28. The van der Waals surface area contributed by atoms with Gasteiger partial charge >= 0.3 is 6.01 Å². The van der Waals surface area contributed by atoms with Gasteiger partial charge in [0.1, 0.15) is 6.10 Å². The summed E-state index contributed by atoms with van der Waals surface area (Å²) in [7, 11) is -3.16. The third kappa shape index (κ3) is 4.38. The molecule has 1 aliphatic rings.